The molecule has 0 fully saturated rings. The molecule has 0 aliphatic rings. The van der Waals surface area contributed by atoms with Gasteiger partial charge in [0.15, 0.2) is 0 Å². The van der Waals surface area contributed by atoms with E-state index in [0.717, 1.165) is 59.5 Å². The van der Waals surface area contributed by atoms with Crippen molar-refractivity contribution >= 4 is 13.9 Å². The van der Waals surface area contributed by atoms with Crippen LogP contribution in [0.2, 0.25) is 0 Å². The summed E-state index contributed by atoms with van der Waals surface area (Å²) in [5.41, 5.74) is 4.89. The Kier molecular flexibility index (Phi) is 11.0. The van der Waals surface area contributed by atoms with Gasteiger partial charge in [0.2, 0.25) is 0 Å². The van der Waals surface area contributed by atoms with Crippen LogP contribution in [-0.2, 0) is 28.5 Å². The minimum Gasteiger partial charge on any atom is -0.464 e. The maximum absolute atomic E-state index is 14.4. The molecular formula is C27H36FN2O4P. The average Bonchev–Trinajstić information content (AvgIpc) is 3.35. The van der Waals surface area contributed by atoms with Crippen LogP contribution in [0.15, 0.2) is 59.2 Å². The highest BCUT2D eigenvalue weighted by Crippen LogP contribution is 2.30. The van der Waals surface area contributed by atoms with E-state index < -0.39 is 8.25 Å². The van der Waals surface area contributed by atoms with Crippen LogP contribution in [0.4, 0.5) is 10.1 Å². The predicted octanol–water partition coefficient (Wildman–Crippen LogP) is 6.21. The van der Waals surface area contributed by atoms with Crippen molar-refractivity contribution in [3.05, 3.63) is 77.3 Å². The second-order valence-electron chi connectivity index (χ2n) is 9.06. The van der Waals surface area contributed by atoms with Gasteiger partial charge in [-0.15, -0.1) is 0 Å². The first-order valence-corrected chi connectivity index (χ1v) is 13.4. The van der Waals surface area contributed by atoms with Gasteiger partial charge in [0, 0.05) is 24.3 Å². The fraction of sp³-hybridized carbons (Fsp3) is 0.407. The van der Waals surface area contributed by atoms with E-state index in [1.165, 1.54) is 0 Å². The van der Waals surface area contributed by atoms with Crippen LogP contribution in [0, 0.1) is 11.7 Å². The molecule has 3 N–H and O–H groups in total. The zero-order valence-electron chi connectivity index (χ0n) is 20.5. The molecule has 8 heteroatoms. The standard InChI is InChI=1S/C27H36FN2O4P/c1-20(2)16-23-10-8-21(18-25(23)28)6-3-13-30-26-11-9-22(17-24(26)27-7-4-14-33-27)19-29-12-5-15-34-35(31)32/h4,7-11,14,17-18,20,29-30,35H,3,5-6,12-13,15-16,19H2,1-2H3,(H,31,32). The minimum atomic E-state index is -2.85. The topological polar surface area (TPSA) is 83.7 Å². The van der Waals surface area contributed by atoms with Gasteiger partial charge in [-0.25, -0.2) is 4.39 Å². The molecule has 2 aromatic carbocycles. The van der Waals surface area contributed by atoms with Gasteiger partial charge in [0.25, 0.3) is 0 Å². The first kappa shape index (κ1) is 27.2. The van der Waals surface area contributed by atoms with Crippen LogP contribution in [0.5, 0.6) is 0 Å². The maximum atomic E-state index is 14.4. The summed E-state index contributed by atoms with van der Waals surface area (Å²) in [6, 6.07) is 15.6. The second-order valence-corrected chi connectivity index (χ2v) is 9.88. The molecule has 0 bridgehead atoms. The highest BCUT2D eigenvalue weighted by Gasteiger charge is 2.10. The molecule has 1 atom stereocenters. The first-order chi connectivity index (χ1) is 16.9. The fourth-order valence-electron chi connectivity index (χ4n) is 3.95. The van der Waals surface area contributed by atoms with E-state index in [2.05, 4.69) is 42.7 Å². The molecule has 1 heterocycles. The number of anilines is 1. The molecular weight excluding hydrogens is 466 g/mol. The van der Waals surface area contributed by atoms with E-state index in [-0.39, 0.29) is 12.4 Å². The van der Waals surface area contributed by atoms with Gasteiger partial charge >= 0.3 is 8.25 Å². The smallest absolute Gasteiger partial charge is 0.316 e. The molecule has 1 unspecified atom stereocenters. The van der Waals surface area contributed by atoms with Crippen molar-refractivity contribution in [3.8, 4) is 11.3 Å². The Bertz CT molecular complexity index is 1070. The van der Waals surface area contributed by atoms with E-state index in [1.807, 2.05) is 24.3 Å². The Morgan fingerprint density at radius 2 is 1.91 bits per heavy atom. The molecule has 6 nitrogen and oxygen atoms in total. The molecule has 1 aromatic heterocycles. The van der Waals surface area contributed by atoms with Crippen LogP contribution < -0.4 is 10.6 Å². The summed E-state index contributed by atoms with van der Waals surface area (Å²) < 4.78 is 35.3. The van der Waals surface area contributed by atoms with Gasteiger partial charge in [-0.1, -0.05) is 32.0 Å². The molecule has 0 spiro atoms. The van der Waals surface area contributed by atoms with Gasteiger partial charge in [-0.3, -0.25) is 4.57 Å². The fourth-order valence-corrected chi connectivity index (χ4v) is 4.27. The third-order valence-electron chi connectivity index (χ3n) is 5.63. The van der Waals surface area contributed by atoms with Crippen molar-refractivity contribution in [1.82, 2.24) is 5.32 Å². The minimum absolute atomic E-state index is 0.106. The predicted molar refractivity (Wildman–Crippen MR) is 139 cm³/mol. The van der Waals surface area contributed by atoms with Crippen LogP contribution in [0.1, 0.15) is 43.4 Å². The first-order valence-electron chi connectivity index (χ1n) is 12.2. The molecule has 0 saturated carbocycles. The SMILES string of the molecule is CC(C)Cc1ccc(CCCNc2ccc(CNCCCO[PH](=O)O)cc2-c2ccco2)cc1F. The molecule has 3 rings (SSSR count). The van der Waals surface area contributed by atoms with Gasteiger partial charge in [-0.2, -0.15) is 0 Å². The zero-order valence-corrected chi connectivity index (χ0v) is 21.5. The second kappa shape index (κ2) is 14.2. The zero-order chi connectivity index (χ0) is 25.0. The molecule has 35 heavy (non-hydrogen) atoms. The van der Waals surface area contributed by atoms with Crippen molar-refractivity contribution in [3.63, 3.8) is 0 Å². The summed E-state index contributed by atoms with van der Waals surface area (Å²) in [6.07, 6.45) is 4.76. The van der Waals surface area contributed by atoms with Crippen molar-refractivity contribution in [2.75, 3.05) is 25.0 Å². The Balaban J connectivity index is 1.53. The molecule has 0 saturated heterocycles. The highest BCUT2D eigenvalue weighted by atomic mass is 31.1. The quantitative estimate of drug-likeness (QED) is 0.169. The van der Waals surface area contributed by atoms with Gasteiger partial charge in [-0.05, 0) is 85.2 Å². The number of hydrogen-bond donors (Lipinski definition) is 3. The largest absolute Gasteiger partial charge is 0.464 e. The number of aryl methyl sites for hydroxylation is 1. The third-order valence-corrected chi connectivity index (χ3v) is 6.08. The van der Waals surface area contributed by atoms with E-state index in [4.69, 9.17) is 13.8 Å². The van der Waals surface area contributed by atoms with Crippen LogP contribution in [-0.4, -0.2) is 24.6 Å². The van der Waals surface area contributed by atoms with Crippen molar-refractivity contribution in [1.29, 1.82) is 0 Å². The summed E-state index contributed by atoms with van der Waals surface area (Å²) in [7, 11) is -2.85. The summed E-state index contributed by atoms with van der Waals surface area (Å²) in [4.78, 5) is 8.69. The number of nitrogens with one attached hydrogen (secondary N) is 2. The molecule has 3 aromatic rings. The number of hydrogen-bond acceptors (Lipinski definition) is 5. The Hall–Kier alpha value is -2.44. The number of halogens is 1. The summed E-state index contributed by atoms with van der Waals surface area (Å²) >= 11 is 0. The third kappa shape index (κ3) is 9.26. The van der Waals surface area contributed by atoms with Crippen LogP contribution in [0.3, 0.4) is 0 Å². The molecule has 0 radical (unpaired) electrons. The van der Waals surface area contributed by atoms with E-state index in [9.17, 15) is 8.96 Å². The molecule has 0 aliphatic carbocycles. The van der Waals surface area contributed by atoms with Gasteiger partial charge in [0.05, 0.1) is 12.9 Å². The van der Waals surface area contributed by atoms with E-state index in [1.54, 1.807) is 12.3 Å². The van der Waals surface area contributed by atoms with Crippen LogP contribution in [0.25, 0.3) is 11.3 Å². The summed E-state index contributed by atoms with van der Waals surface area (Å²) in [5.74, 6) is 1.12. The van der Waals surface area contributed by atoms with Crippen molar-refractivity contribution in [2.45, 2.75) is 46.1 Å². The average molecular weight is 503 g/mol. The normalized spacial score (nSPS) is 12.3. The lowest BCUT2D eigenvalue weighted by Crippen LogP contribution is -2.16. The highest BCUT2D eigenvalue weighted by molar-refractivity contribution is 7.32. The molecule has 0 amide bonds. The number of benzene rings is 2. The Labute approximate surface area is 207 Å². The maximum Gasteiger partial charge on any atom is 0.316 e. The number of rotatable bonds is 15. The van der Waals surface area contributed by atoms with Crippen LogP contribution >= 0.6 is 8.25 Å². The monoisotopic (exact) mass is 502 g/mol. The van der Waals surface area contributed by atoms with Gasteiger partial charge < -0.3 is 24.5 Å². The molecule has 190 valence electrons. The van der Waals surface area contributed by atoms with E-state index in [0.29, 0.717) is 25.4 Å². The Morgan fingerprint density at radius 1 is 1.09 bits per heavy atom. The lowest BCUT2D eigenvalue weighted by atomic mass is 9.99. The van der Waals surface area contributed by atoms with E-state index >= 15 is 0 Å². The summed E-state index contributed by atoms with van der Waals surface area (Å²) in [6.45, 7) is 6.57. The Morgan fingerprint density at radius 3 is 2.63 bits per heavy atom. The van der Waals surface area contributed by atoms with Crippen molar-refractivity contribution < 1.29 is 22.8 Å². The van der Waals surface area contributed by atoms with Gasteiger partial charge in [0.1, 0.15) is 11.6 Å². The molecule has 0 aliphatic heterocycles. The number of furan rings is 1. The lowest BCUT2D eigenvalue weighted by Gasteiger charge is -2.14. The lowest BCUT2D eigenvalue weighted by molar-refractivity contribution is 0.276. The summed E-state index contributed by atoms with van der Waals surface area (Å²) in [5, 5.41) is 6.83. The van der Waals surface area contributed by atoms with Crippen molar-refractivity contribution in [2.24, 2.45) is 5.92 Å².